The van der Waals surface area contributed by atoms with Crippen molar-refractivity contribution in [1.29, 1.82) is 0 Å². The topological polar surface area (TPSA) is 125 Å². The van der Waals surface area contributed by atoms with Crippen LogP contribution in [-0.4, -0.2) is 117 Å². The maximum absolute atomic E-state index is 8.63. The number of aliphatic hydroxyl groups is 1. The number of rotatable bonds is 21. The summed E-state index contributed by atoms with van der Waals surface area (Å²) in [6.07, 6.45) is 7.92. The Hall–Kier alpha value is -3.13. The Kier molecular flexibility index (Phi) is 14.8. The minimum absolute atomic E-state index is 0.0302. The average molecular weight is 613 g/mol. The molecule has 0 radical (unpaired) electrons. The first-order valence-corrected chi connectivity index (χ1v) is 15.5. The minimum Gasteiger partial charge on any atom is -0.394 e. The van der Waals surface area contributed by atoms with Gasteiger partial charge < -0.3 is 39.0 Å². The van der Waals surface area contributed by atoms with E-state index in [-0.39, 0.29) is 12.7 Å². The molecule has 12 heteroatoms. The second-order valence-corrected chi connectivity index (χ2v) is 10.8. The molecule has 2 aromatic heterocycles. The average Bonchev–Trinajstić information content (AvgIpc) is 3.46. The van der Waals surface area contributed by atoms with Crippen LogP contribution in [0.2, 0.25) is 0 Å². The van der Waals surface area contributed by atoms with E-state index in [1.54, 1.807) is 0 Å². The number of ether oxygens (including phenoxy) is 5. The number of nitrogens with zero attached hydrogens (tertiary/aromatic N) is 5. The molecular weight excluding hydrogens is 564 g/mol. The summed E-state index contributed by atoms with van der Waals surface area (Å²) in [5.74, 6) is 1.65. The molecule has 1 saturated carbocycles. The molecule has 242 valence electrons. The number of nitrogens with one attached hydrogen (secondary N) is 1. The van der Waals surface area contributed by atoms with Crippen LogP contribution >= 0.6 is 0 Å². The molecule has 1 fully saturated rings. The van der Waals surface area contributed by atoms with Crippen molar-refractivity contribution in [2.75, 3.05) is 90.4 Å². The Balaban J connectivity index is 1.11. The number of hydrogen-bond donors (Lipinski definition) is 2. The molecule has 0 saturated heterocycles. The summed E-state index contributed by atoms with van der Waals surface area (Å²) in [4.78, 5) is 11.4. The molecule has 0 atom stereocenters. The molecule has 2 N–H and O–H groups in total. The molecule has 0 unspecified atom stereocenters. The third-order valence-corrected chi connectivity index (χ3v) is 7.28. The van der Waals surface area contributed by atoms with Crippen LogP contribution in [0.4, 0.5) is 11.8 Å². The van der Waals surface area contributed by atoms with Crippen molar-refractivity contribution in [3.63, 3.8) is 0 Å². The summed E-state index contributed by atoms with van der Waals surface area (Å²) in [5.41, 5.74) is 3.03. The van der Waals surface area contributed by atoms with Gasteiger partial charge in [0.1, 0.15) is 5.82 Å². The van der Waals surface area contributed by atoms with Crippen LogP contribution in [0.25, 0.3) is 11.3 Å². The van der Waals surface area contributed by atoms with E-state index in [4.69, 9.17) is 33.8 Å². The highest BCUT2D eigenvalue weighted by molar-refractivity contribution is 5.73. The van der Waals surface area contributed by atoms with Crippen LogP contribution in [0.15, 0.2) is 48.8 Å². The molecule has 3 aromatic rings. The maximum atomic E-state index is 8.63. The van der Waals surface area contributed by atoms with Gasteiger partial charge in [0.05, 0.1) is 96.2 Å². The monoisotopic (exact) mass is 612 g/mol. The van der Waals surface area contributed by atoms with Crippen LogP contribution in [0.3, 0.4) is 0 Å². The standard InChI is InChI=1S/C32H48N6O6/c1-37(2)31-29(24-34-38(31)25-26-6-4-3-5-7-26)30-12-13-33-32(36-30)35-27-8-10-28(11-9-27)44-23-22-43-21-20-42-19-18-41-17-16-40-15-14-39/h3-7,12-13,24,27-28,39H,8-11,14-23,25H2,1-2H3,(H,33,35,36). The van der Waals surface area contributed by atoms with Gasteiger partial charge in [-0.05, 0) is 37.3 Å². The van der Waals surface area contributed by atoms with E-state index >= 15 is 0 Å². The van der Waals surface area contributed by atoms with Crippen molar-refractivity contribution < 1.29 is 28.8 Å². The van der Waals surface area contributed by atoms with Crippen molar-refractivity contribution >= 4 is 11.8 Å². The van der Waals surface area contributed by atoms with Gasteiger partial charge in [0, 0.05) is 26.3 Å². The highest BCUT2D eigenvalue weighted by atomic mass is 16.6. The van der Waals surface area contributed by atoms with Crippen LogP contribution < -0.4 is 10.2 Å². The van der Waals surface area contributed by atoms with Gasteiger partial charge in [0.2, 0.25) is 5.95 Å². The molecule has 2 heterocycles. The van der Waals surface area contributed by atoms with Crippen LogP contribution in [0.5, 0.6) is 0 Å². The predicted molar refractivity (Wildman–Crippen MR) is 169 cm³/mol. The summed E-state index contributed by atoms with van der Waals surface area (Å²) in [6, 6.07) is 12.6. The first kappa shape index (κ1) is 33.8. The Bertz CT molecular complexity index is 1190. The first-order chi connectivity index (χ1) is 21.6. The predicted octanol–water partition coefficient (Wildman–Crippen LogP) is 3.25. The lowest BCUT2D eigenvalue weighted by atomic mass is 9.93. The summed E-state index contributed by atoms with van der Waals surface area (Å²) in [6.45, 7) is 5.26. The summed E-state index contributed by atoms with van der Waals surface area (Å²) in [7, 11) is 4.06. The summed E-state index contributed by atoms with van der Waals surface area (Å²) >= 11 is 0. The van der Waals surface area contributed by atoms with Gasteiger partial charge in [-0.2, -0.15) is 5.10 Å². The Labute approximate surface area is 260 Å². The molecule has 0 spiro atoms. The largest absolute Gasteiger partial charge is 0.394 e. The zero-order chi connectivity index (χ0) is 30.8. The second-order valence-electron chi connectivity index (χ2n) is 10.8. The molecule has 4 rings (SSSR count). The van der Waals surface area contributed by atoms with Gasteiger partial charge in [0.15, 0.2) is 0 Å². The zero-order valence-corrected chi connectivity index (χ0v) is 26.1. The highest BCUT2D eigenvalue weighted by Gasteiger charge is 2.23. The molecule has 1 aliphatic carbocycles. The van der Waals surface area contributed by atoms with Crippen LogP contribution in [0.1, 0.15) is 31.2 Å². The highest BCUT2D eigenvalue weighted by Crippen LogP contribution is 2.30. The first-order valence-electron chi connectivity index (χ1n) is 15.5. The third kappa shape index (κ3) is 11.4. The second kappa shape index (κ2) is 19.3. The number of aromatic nitrogens is 4. The smallest absolute Gasteiger partial charge is 0.223 e. The van der Waals surface area contributed by atoms with E-state index in [1.807, 2.05) is 55.4 Å². The van der Waals surface area contributed by atoms with E-state index in [0.717, 1.165) is 42.8 Å². The van der Waals surface area contributed by atoms with E-state index in [9.17, 15) is 0 Å². The maximum Gasteiger partial charge on any atom is 0.223 e. The molecule has 0 amide bonds. The Morgan fingerprint density at radius 3 is 2.11 bits per heavy atom. The SMILES string of the molecule is CN(C)c1c(-c2ccnc(NC3CCC(OCCOCCOCCOCCOCCO)CC3)n2)cnn1Cc1ccccc1. The molecule has 44 heavy (non-hydrogen) atoms. The van der Waals surface area contributed by atoms with Crippen molar-refractivity contribution in [3.05, 3.63) is 54.4 Å². The van der Waals surface area contributed by atoms with Crippen LogP contribution in [-0.2, 0) is 30.2 Å². The third-order valence-electron chi connectivity index (χ3n) is 7.28. The van der Waals surface area contributed by atoms with Gasteiger partial charge in [-0.3, -0.25) is 0 Å². The summed E-state index contributed by atoms with van der Waals surface area (Å²) in [5, 5.41) is 16.9. The van der Waals surface area contributed by atoms with Crippen molar-refractivity contribution in [2.45, 2.75) is 44.4 Å². The molecule has 1 aliphatic rings. The minimum atomic E-state index is 0.0302. The Morgan fingerprint density at radius 2 is 1.48 bits per heavy atom. The number of hydrogen-bond acceptors (Lipinski definition) is 11. The fourth-order valence-corrected chi connectivity index (χ4v) is 5.14. The van der Waals surface area contributed by atoms with Gasteiger partial charge in [-0.1, -0.05) is 30.3 Å². The Morgan fingerprint density at radius 1 is 0.841 bits per heavy atom. The number of anilines is 2. The van der Waals surface area contributed by atoms with Gasteiger partial charge >= 0.3 is 0 Å². The van der Waals surface area contributed by atoms with Gasteiger partial charge in [0.25, 0.3) is 0 Å². The number of benzene rings is 1. The molecule has 1 aromatic carbocycles. The van der Waals surface area contributed by atoms with Gasteiger partial charge in [-0.15, -0.1) is 0 Å². The lowest BCUT2D eigenvalue weighted by Gasteiger charge is -2.29. The lowest BCUT2D eigenvalue weighted by molar-refractivity contribution is -0.0306. The van der Waals surface area contributed by atoms with Gasteiger partial charge in [-0.25, -0.2) is 14.6 Å². The van der Waals surface area contributed by atoms with Crippen molar-refractivity contribution in [3.8, 4) is 11.3 Å². The van der Waals surface area contributed by atoms with E-state index in [2.05, 4.69) is 32.4 Å². The molecular formula is C32H48N6O6. The van der Waals surface area contributed by atoms with E-state index in [1.165, 1.54) is 5.56 Å². The lowest BCUT2D eigenvalue weighted by Crippen LogP contribution is -2.31. The summed E-state index contributed by atoms with van der Waals surface area (Å²) < 4.78 is 29.7. The quantitative estimate of drug-likeness (QED) is 0.172. The van der Waals surface area contributed by atoms with Crippen LogP contribution in [0, 0.1) is 0 Å². The normalized spacial score (nSPS) is 16.7. The number of aliphatic hydroxyl groups excluding tert-OH is 1. The van der Waals surface area contributed by atoms with E-state index < -0.39 is 0 Å². The molecule has 0 aliphatic heterocycles. The van der Waals surface area contributed by atoms with Crippen molar-refractivity contribution in [1.82, 2.24) is 19.7 Å². The van der Waals surface area contributed by atoms with E-state index in [0.29, 0.717) is 78.0 Å². The van der Waals surface area contributed by atoms with Crippen molar-refractivity contribution in [2.24, 2.45) is 0 Å². The fraction of sp³-hybridized carbons (Fsp3) is 0.594. The zero-order valence-electron chi connectivity index (χ0n) is 26.1. The molecule has 12 nitrogen and oxygen atoms in total. The fourth-order valence-electron chi connectivity index (χ4n) is 5.14. The molecule has 0 bridgehead atoms.